The third kappa shape index (κ3) is 4.22. The monoisotopic (exact) mass is 370 g/mol. The zero-order valence-corrected chi connectivity index (χ0v) is 15.8. The van der Waals surface area contributed by atoms with E-state index in [2.05, 4.69) is 4.98 Å². The van der Waals surface area contributed by atoms with Gasteiger partial charge in [-0.25, -0.2) is 0 Å². The number of ether oxygens (including phenoxy) is 2. The van der Waals surface area contributed by atoms with Crippen LogP contribution in [-0.4, -0.2) is 46.8 Å². The van der Waals surface area contributed by atoms with E-state index in [-0.39, 0.29) is 6.04 Å². The average Bonchev–Trinajstić information content (AvgIpc) is 3.15. The van der Waals surface area contributed by atoms with Gasteiger partial charge in [0.1, 0.15) is 6.04 Å². The van der Waals surface area contributed by atoms with Gasteiger partial charge < -0.3 is 14.6 Å². The van der Waals surface area contributed by atoms with Crippen LogP contribution in [0.25, 0.3) is 0 Å². The molecule has 1 aromatic heterocycles. The number of carbonyl (C=O) groups is 1. The Kier molecular flexibility index (Phi) is 6.29. The molecule has 0 radical (unpaired) electrons. The van der Waals surface area contributed by atoms with E-state index in [9.17, 15) is 9.90 Å². The van der Waals surface area contributed by atoms with Crippen molar-refractivity contribution in [2.45, 2.75) is 38.8 Å². The molecule has 2 unspecified atom stereocenters. The fraction of sp³-hybridized carbons (Fsp3) is 0.429. The van der Waals surface area contributed by atoms with Crippen molar-refractivity contribution in [1.82, 2.24) is 9.88 Å². The molecule has 3 rings (SSSR count). The molecule has 1 saturated heterocycles. The quantitative estimate of drug-likeness (QED) is 0.767. The number of pyridine rings is 1. The van der Waals surface area contributed by atoms with E-state index in [1.54, 1.807) is 12.4 Å². The summed E-state index contributed by atoms with van der Waals surface area (Å²) in [5.41, 5.74) is 1.94. The summed E-state index contributed by atoms with van der Waals surface area (Å²) in [6.07, 6.45) is 5.05. The number of aliphatic carboxylic acids is 1. The molecule has 0 bridgehead atoms. The molecule has 0 amide bonds. The van der Waals surface area contributed by atoms with E-state index >= 15 is 0 Å². The molecule has 0 saturated carbocycles. The van der Waals surface area contributed by atoms with Crippen LogP contribution in [0.5, 0.6) is 11.5 Å². The second-order valence-electron chi connectivity index (χ2n) is 6.50. The fourth-order valence-corrected chi connectivity index (χ4v) is 3.71. The topological polar surface area (TPSA) is 71.9 Å². The van der Waals surface area contributed by atoms with Crippen molar-refractivity contribution in [2.24, 2.45) is 0 Å². The maximum Gasteiger partial charge on any atom is 0.320 e. The van der Waals surface area contributed by atoms with Crippen molar-refractivity contribution in [2.75, 3.05) is 19.8 Å². The predicted molar refractivity (Wildman–Crippen MR) is 102 cm³/mol. The number of aromatic nitrogens is 1. The Morgan fingerprint density at radius 2 is 2.00 bits per heavy atom. The second-order valence-corrected chi connectivity index (χ2v) is 6.50. The molecule has 0 spiro atoms. The average molecular weight is 370 g/mol. The minimum atomic E-state index is -0.780. The zero-order chi connectivity index (χ0) is 19.2. The predicted octanol–water partition coefficient (Wildman–Crippen LogP) is 3.52. The van der Waals surface area contributed by atoms with E-state index in [0.29, 0.717) is 31.1 Å². The summed E-state index contributed by atoms with van der Waals surface area (Å²) in [6.45, 7) is 5.68. The fourth-order valence-electron chi connectivity index (χ4n) is 3.71. The van der Waals surface area contributed by atoms with Gasteiger partial charge in [0.2, 0.25) is 0 Å². The summed E-state index contributed by atoms with van der Waals surface area (Å²) in [6, 6.07) is 9.03. The zero-order valence-electron chi connectivity index (χ0n) is 15.8. The standard InChI is InChI=1S/C21H26N2O4/c1-3-26-18-10-9-15(13-19(18)27-4-2)20(16-7-5-11-22-14-16)23-12-6-8-17(23)21(24)25/h5,7,9-11,13-14,17,20H,3-4,6,8,12H2,1-2H3,(H,24,25). The van der Waals surface area contributed by atoms with Crippen LogP contribution in [0, 0.1) is 0 Å². The number of rotatable bonds is 8. The number of hydrogen-bond acceptors (Lipinski definition) is 5. The lowest BCUT2D eigenvalue weighted by Gasteiger charge is -2.32. The smallest absolute Gasteiger partial charge is 0.320 e. The van der Waals surface area contributed by atoms with Crippen LogP contribution in [0.1, 0.15) is 43.9 Å². The van der Waals surface area contributed by atoms with Crippen LogP contribution in [0.3, 0.4) is 0 Å². The maximum atomic E-state index is 11.8. The van der Waals surface area contributed by atoms with Crippen molar-refractivity contribution >= 4 is 5.97 Å². The first-order valence-corrected chi connectivity index (χ1v) is 9.43. The largest absolute Gasteiger partial charge is 0.490 e. The van der Waals surface area contributed by atoms with Crippen molar-refractivity contribution in [3.05, 3.63) is 53.9 Å². The molecule has 6 nitrogen and oxygen atoms in total. The normalized spacial score (nSPS) is 18.2. The number of nitrogens with zero attached hydrogens (tertiary/aromatic N) is 2. The Morgan fingerprint density at radius 3 is 2.67 bits per heavy atom. The summed E-state index contributed by atoms with van der Waals surface area (Å²) in [5, 5.41) is 9.68. The maximum absolute atomic E-state index is 11.8. The van der Waals surface area contributed by atoms with Gasteiger partial charge in [-0.1, -0.05) is 12.1 Å². The van der Waals surface area contributed by atoms with Gasteiger partial charge in [0.05, 0.1) is 19.3 Å². The Balaban J connectivity index is 2.05. The third-order valence-corrected chi connectivity index (χ3v) is 4.79. The summed E-state index contributed by atoms with van der Waals surface area (Å²) in [5.74, 6) is 0.596. The molecular weight excluding hydrogens is 344 g/mol. The highest BCUT2D eigenvalue weighted by molar-refractivity contribution is 5.74. The van der Waals surface area contributed by atoms with Gasteiger partial charge in [-0.2, -0.15) is 0 Å². The molecule has 1 aromatic carbocycles. The van der Waals surface area contributed by atoms with E-state index in [4.69, 9.17) is 9.47 Å². The number of carboxylic acids is 1. The van der Waals surface area contributed by atoms with Crippen molar-refractivity contribution in [3.8, 4) is 11.5 Å². The number of likely N-dealkylation sites (tertiary alicyclic amines) is 1. The molecule has 144 valence electrons. The molecule has 1 aliphatic heterocycles. The van der Waals surface area contributed by atoms with E-state index in [1.165, 1.54) is 0 Å². The Labute approximate surface area is 159 Å². The first kappa shape index (κ1) is 19.2. The summed E-state index contributed by atoms with van der Waals surface area (Å²) < 4.78 is 11.4. The van der Waals surface area contributed by atoms with Crippen molar-refractivity contribution < 1.29 is 19.4 Å². The second kappa shape index (κ2) is 8.86. The lowest BCUT2D eigenvalue weighted by atomic mass is 9.97. The third-order valence-electron chi connectivity index (χ3n) is 4.79. The SMILES string of the molecule is CCOc1ccc(C(c2cccnc2)N2CCCC2C(=O)O)cc1OCC. The van der Waals surface area contributed by atoms with Gasteiger partial charge in [-0.3, -0.25) is 14.7 Å². The molecule has 2 heterocycles. The van der Waals surface area contributed by atoms with Crippen LogP contribution >= 0.6 is 0 Å². The van der Waals surface area contributed by atoms with Gasteiger partial charge in [-0.05, 0) is 56.0 Å². The van der Waals surface area contributed by atoms with Crippen LogP contribution in [-0.2, 0) is 4.79 Å². The molecule has 27 heavy (non-hydrogen) atoms. The highest BCUT2D eigenvalue weighted by Gasteiger charge is 2.37. The molecule has 1 aliphatic rings. The summed E-state index contributed by atoms with van der Waals surface area (Å²) in [4.78, 5) is 18.1. The molecule has 1 N–H and O–H groups in total. The van der Waals surface area contributed by atoms with E-state index in [0.717, 1.165) is 24.1 Å². The van der Waals surface area contributed by atoms with Gasteiger partial charge in [0, 0.05) is 18.9 Å². The van der Waals surface area contributed by atoms with Crippen LogP contribution in [0.4, 0.5) is 0 Å². The van der Waals surface area contributed by atoms with E-state index < -0.39 is 12.0 Å². The van der Waals surface area contributed by atoms with Gasteiger partial charge in [0.25, 0.3) is 0 Å². The highest BCUT2D eigenvalue weighted by Crippen LogP contribution is 2.38. The summed E-state index contributed by atoms with van der Waals surface area (Å²) in [7, 11) is 0. The number of hydrogen-bond donors (Lipinski definition) is 1. The Bertz CT molecular complexity index is 766. The molecular formula is C21H26N2O4. The lowest BCUT2D eigenvalue weighted by molar-refractivity contribution is -0.142. The number of carboxylic acid groups (broad SMARTS) is 1. The van der Waals surface area contributed by atoms with E-state index in [1.807, 2.05) is 49.1 Å². The van der Waals surface area contributed by atoms with Crippen LogP contribution in [0.15, 0.2) is 42.7 Å². The first-order valence-electron chi connectivity index (χ1n) is 9.43. The first-order chi connectivity index (χ1) is 13.2. The minimum absolute atomic E-state index is 0.197. The molecule has 6 heteroatoms. The van der Waals surface area contributed by atoms with Crippen LogP contribution < -0.4 is 9.47 Å². The van der Waals surface area contributed by atoms with Crippen LogP contribution in [0.2, 0.25) is 0 Å². The molecule has 2 atom stereocenters. The lowest BCUT2D eigenvalue weighted by Crippen LogP contribution is -2.39. The highest BCUT2D eigenvalue weighted by atomic mass is 16.5. The van der Waals surface area contributed by atoms with Crippen molar-refractivity contribution in [1.29, 1.82) is 0 Å². The Hall–Kier alpha value is -2.60. The molecule has 0 aliphatic carbocycles. The summed E-state index contributed by atoms with van der Waals surface area (Å²) >= 11 is 0. The van der Waals surface area contributed by atoms with Gasteiger partial charge >= 0.3 is 5.97 Å². The Morgan fingerprint density at radius 1 is 1.22 bits per heavy atom. The van der Waals surface area contributed by atoms with Gasteiger partial charge in [0.15, 0.2) is 11.5 Å². The van der Waals surface area contributed by atoms with Crippen molar-refractivity contribution in [3.63, 3.8) is 0 Å². The molecule has 2 aromatic rings. The number of benzene rings is 1. The minimum Gasteiger partial charge on any atom is -0.490 e. The molecule has 1 fully saturated rings. The van der Waals surface area contributed by atoms with Gasteiger partial charge in [-0.15, -0.1) is 0 Å².